The Kier molecular flexibility index (Phi) is 2.93. The SMILES string of the molecule is Cc1cc(C)n(-c2c(CNC3CC3)c(C)nn2C)n1. The fourth-order valence-corrected chi connectivity index (χ4v) is 2.54. The number of nitrogens with zero attached hydrogens (tertiary/aromatic N) is 4. The second-order valence-corrected chi connectivity index (χ2v) is 5.51. The van der Waals surface area contributed by atoms with E-state index in [0.717, 1.165) is 29.4 Å². The average molecular weight is 259 g/mol. The standard InChI is InChI=1S/C14H21N5/c1-9-7-10(2)19(16-9)14-13(8-15-12-5-6-12)11(3)17-18(14)4/h7,12,15H,5-6,8H2,1-4H3. The molecule has 0 radical (unpaired) electrons. The first-order chi connectivity index (χ1) is 9.06. The number of nitrogens with one attached hydrogen (secondary N) is 1. The van der Waals surface area contributed by atoms with Gasteiger partial charge in [0.2, 0.25) is 0 Å². The molecular formula is C14H21N5. The van der Waals surface area contributed by atoms with Crippen LogP contribution in [0.5, 0.6) is 0 Å². The minimum atomic E-state index is 0.702. The Hall–Kier alpha value is -1.62. The molecule has 102 valence electrons. The van der Waals surface area contributed by atoms with Crippen LogP contribution in [0, 0.1) is 20.8 Å². The van der Waals surface area contributed by atoms with Crippen molar-refractivity contribution in [1.82, 2.24) is 24.9 Å². The average Bonchev–Trinajstić information content (AvgIpc) is 3.04. The van der Waals surface area contributed by atoms with E-state index in [1.807, 2.05) is 23.3 Å². The Morgan fingerprint density at radius 1 is 1.26 bits per heavy atom. The van der Waals surface area contributed by atoms with Crippen molar-refractivity contribution in [2.24, 2.45) is 7.05 Å². The highest BCUT2D eigenvalue weighted by molar-refractivity contribution is 5.39. The number of aromatic nitrogens is 4. The zero-order valence-corrected chi connectivity index (χ0v) is 12.1. The quantitative estimate of drug-likeness (QED) is 0.910. The Labute approximate surface area is 113 Å². The highest BCUT2D eigenvalue weighted by atomic mass is 15.4. The third-order valence-electron chi connectivity index (χ3n) is 3.67. The van der Waals surface area contributed by atoms with Crippen molar-refractivity contribution >= 4 is 0 Å². The minimum Gasteiger partial charge on any atom is -0.310 e. The minimum absolute atomic E-state index is 0.702. The first-order valence-electron chi connectivity index (χ1n) is 6.85. The van der Waals surface area contributed by atoms with E-state index in [4.69, 9.17) is 0 Å². The lowest BCUT2D eigenvalue weighted by atomic mass is 10.2. The van der Waals surface area contributed by atoms with Crippen LogP contribution in [0.25, 0.3) is 5.82 Å². The van der Waals surface area contributed by atoms with Crippen molar-refractivity contribution in [3.05, 3.63) is 28.7 Å². The van der Waals surface area contributed by atoms with Crippen LogP contribution in [0.4, 0.5) is 0 Å². The lowest BCUT2D eigenvalue weighted by Gasteiger charge is -2.09. The normalized spacial score (nSPS) is 15.2. The van der Waals surface area contributed by atoms with E-state index in [0.29, 0.717) is 6.04 Å². The molecule has 2 aromatic heterocycles. The molecule has 2 heterocycles. The van der Waals surface area contributed by atoms with Crippen LogP contribution in [0.15, 0.2) is 6.07 Å². The summed E-state index contributed by atoms with van der Waals surface area (Å²) in [5, 5.41) is 12.7. The Morgan fingerprint density at radius 2 is 2.00 bits per heavy atom. The summed E-state index contributed by atoms with van der Waals surface area (Å²) in [7, 11) is 1.99. The molecule has 0 atom stereocenters. The van der Waals surface area contributed by atoms with E-state index < -0.39 is 0 Å². The maximum atomic E-state index is 4.59. The highest BCUT2D eigenvalue weighted by Crippen LogP contribution is 2.23. The van der Waals surface area contributed by atoms with Crippen LogP contribution in [0.1, 0.15) is 35.5 Å². The smallest absolute Gasteiger partial charge is 0.156 e. The lowest BCUT2D eigenvalue weighted by Crippen LogP contribution is -2.18. The van der Waals surface area contributed by atoms with Crippen LogP contribution in [0.2, 0.25) is 0 Å². The predicted octanol–water partition coefficient (Wildman–Crippen LogP) is 1.78. The molecule has 1 saturated carbocycles. The molecule has 0 aromatic carbocycles. The number of aryl methyl sites for hydroxylation is 4. The molecule has 0 amide bonds. The van der Waals surface area contributed by atoms with Gasteiger partial charge >= 0.3 is 0 Å². The molecule has 5 heteroatoms. The largest absolute Gasteiger partial charge is 0.310 e. The van der Waals surface area contributed by atoms with Crippen molar-refractivity contribution in [3.8, 4) is 5.82 Å². The molecule has 1 aliphatic carbocycles. The molecule has 1 N–H and O–H groups in total. The zero-order chi connectivity index (χ0) is 13.6. The molecule has 5 nitrogen and oxygen atoms in total. The van der Waals surface area contributed by atoms with Gasteiger partial charge in [-0.05, 0) is 39.7 Å². The Bertz CT molecular complexity index is 604. The van der Waals surface area contributed by atoms with E-state index >= 15 is 0 Å². The van der Waals surface area contributed by atoms with Gasteiger partial charge in [-0.25, -0.2) is 4.68 Å². The van der Waals surface area contributed by atoms with Gasteiger partial charge in [0.05, 0.1) is 11.4 Å². The fourth-order valence-electron chi connectivity index (χ4n) is 2.54. The number of rotatable bonds is 4. The molecule has 0 saturated heterocycles. The van der Waals surface area contributed by atoms with Gasteiger partial charge in [-0.2, -0.15) is 10.2 Å². The first-order valence-corrected chi connectivity index (χ1v) is 6.85. The summed E-state index contributed by atoms with van der Waals surface area (Å²) in [6.07, 6.45) is 2.60. The number of hydrogen-bond donors (Lipinski definition) is 1. The van der Waals surface area contributed by atoms with E-state index in [-0.39, 0.29) is 0 Å². The zero-order valence-electron chi connectivity index (χ0n) is 12.1. The molecule has 0 spiro atoms. The van der Waals surface area contributed by atoms with Gasteiger partial charge in [0, 0.05) is 30.9 Å². The van der Waals surface area contributed by atoms with E-state index in [2.05, 4.69) is 35.4 Å². The lowest BCUT2D eigenvalue weighted by molar-refractivity contribution is 0.658. The third kappa shape index (κ3) is 2.30. The third-order valence-corrected chi connectivity index (χ3v) is 3.67. The maximum Gasteiger partial charge on any atom is 0.156 e. The van der Waals surface area contributed by atoms with Gasteiger partial charge in [-0.3, -0.25) is 4.68 Å². The van der Waals surface area contributed by atoms with Crippen molar-refractivity contribution in [3.63, 3.8) is 0 Å². The summed E-state index contributed by atoms with van der Waals surface area (Å²) < 4.78 is 3.93. The van der Waals surface area contributed by atoms with E-state index in [1.54, 1.807) is 0 Å². The van der Waals surface area contributed by atoms with Gasteiger partial charge in [0.1, 0.15) is 0 Å². The molecular weight excluding hydrogens is 238 g/mol. The molecule has 0 unspecified atom stereocenters. The molecule has 2 aromatic rings. The molecule has 19 heavy (non-hydrogen) atoms. The topological polar surface area (TPSA) is 47.7 Å². The second kappa shape index (κ2) is 4.49. The van der Waals surface area contributed by atoms with Crippen molar-refractivity contribution in [2.75, 3.05) is 0 Å². The van der Waals surface area contributed by atoms with Crippen molar-refractivity contribution < 1.29 is 0 Å². The van der Waals surface area contributed by atoms with Crippen molar-refractivity contribution in [2.45, 2.75) is 46.2 Å². The molecule has 1 aliphatic rings. The summed E-state index contributed by atoms with van der Waals surface area (Å²) >= 11 is 0. The van der Waals surface area contributed by atoms with Gasteiger partial charge in [0.15, 0.2) is 5.82 Å². The highest BCUT2D eigenvalue weighted by Gasteiger charge is 2.23. The fraction of sp³-hybridized carbons (Fsp3) is 0.571. The monoisotopic (exact) mass is 259 g/mol. The summed E-state index contributed by atoms with van der Waals surface area (Å²) in [6.45, 7) is 7.05. The van der Waals surface area contributed by atoms with Crippen molar-refractivity contribution in [1.29, 1.82) is 0 Å². The predicted molar refractivity (Wildman–Crippen MR) is 74.4 cm³/mol. The van der Waals surface area contributed by atoms with Crippen LogP contribution in [-0.4, -0.2) is 25.6 Å². The molecule has 3 rings (SSSR count). The first kappa shape index (κ1) is 12.4. The summed E-state index contributed by atoms with van der Waals surface area (Å²) in [5.74, 6) is 1.08. The molecule has 0 aliphatic heterocycles. The van der Waals surface area contributed by atoms with Gasteiger partial charge in [0.25, 0.3) is 0 Å². The van der Waals surface area contributed by atoms with Crippen LogP contribution in [-0.2, 0) is 13.6 Å². The van der Waals surface area contributed by atoms with Crippen LogP contribution < -0.4 is 5.32 Å². The second-order valence-electron chi connectivity index (χ2n) is 5.51. The molecule has 1 fully saturated rings. The van der Waals surface area contributed by atoms with Crippen LogP contribution >= 0.6 is 0 Å². The number of hydrogen-bond acceptors (Lipinski definition) is 3. The van der Waals surface area contributed by atoms with Crippen LogP contribution in [0.3, 0.4) is 0 Å². The summed E-state index contributed by atoms with van der Waals surface area (Å²) in [4.78, 5) is 0. The Balaban J connectivity index is 2.00. The Morgan fingerprint density at radius 3 is 2.58 bits per heavy atom. The molecule has 0 bridgehead atoms. The summed E-state index contributed by atoms with van der Waals surface area (Å²) in [5.41, 5.74) is 4.52. The van der Waals surface area contributed by atoms with E-state index in [9.17, 15) is 0 Å². The maximum absolute atomic E-state index is 4.59. The summed E-state index contributed by atoms with van der Waals surface area (Å²) in [6, 6.07) is 2.80. The van der Waals surface area contributed by atoms with Gasteiger partial charge in [-0.1, -0.05) is 0 Å². The van der Waals surface area contributed by atoms with Gasteiger partial charge in [-0.15, -0.1) is 0 Å². The van der Waals surface area contributed by atoms with Gasteiger partial charge < -0.3 is 5.32 Å². The van der Waals surface area contributed by atoms with E-state index in [1.165, 1.54) is 18.4 Å².